The van der Waals surface area contributed by atoms with Crippen LogP contribution in [-0.4, -0.2) is 29.5 Å². The van der Waals surface area contributed by atoms with Crippen molar-refractivity contribution < 1.29 is 27.5 Å². The van der Waals surface area contributed by atoms with Gasteiger partial charge in [-0.2, -0.15) is 13.2 Å². The van der Waals surface area contributed by atoms with Crippen LogP contribution < -0.4 is 10.1 Å². The lowest BCUT2D eigenvalue weighted by Crippen LogP contribution is -2.22. The number of carbonyl (C=O) groups is 2. The van der Waals surface area contributed by atoms with Gasteiger partial charge in [-0.25, -0.2) is 0 Å². The number of hydrogen-bond acceptors (Lipinski definition) is 3. The average Bonchev–Trinajstić information content (AvgIpc) is 2.99. The molecule has 1 N–H and O–H groups in total. The van der Waals surface area contributed by atoms with E-state index in [2.05, 4.69) is 5.32 Å². The molecule has 0 radical (unpaired) electrons. The maximum Gasteiger partial charge on any atom is 0.454 e. The fourth-order valence-corrected chi connectivity index (χ4v) is 2.74. The summed E-state index contributed by atoms with van der Waals surface area (Å²) in [5.74, 6) is -1.75. The highest BCUT2D eigenvalue weighted by Crippen LogP contribution is 2.28. The van der Waals surface area contributed by atoms with E-state index in [1.165, 1.54) is 23.8 Å². The van der Waals surface area contributed by atoms with Crippen LogP contribution in [0.25, 0.3) is 10.9 Å². The van der Waals surface area contributed by atoms with Gasteiger partial charge in [-0.3, -0.25) is 9.59 Å². The third kappa shape index (κ3) is 3.94. The highest BCUT2D eigenvalue weighted by molar-refractivity contribution is 6.11. The number of fused-ring (bicyclic) bond motifs is 1. The molecular formula is C19H15F3N2O3. The maximum absolute atomic E-state index is 12.8. The second-order valence-corrected chi connectivity index (χ2v) is 5.79. The van der Waals surface area contributed by atoms with E-state index in [1.54, 1.807) is 36.4 Å². The van der Waals surface area contributed by atoms with Gasteiger partial charge in [0.2, 0.25) is 5.91 Å². The van der Waals surface area contributed by atoms with E-state index in [4.69, 9.17) is 4.74 Å². The first kappa shape index (κ1) is 18.5. The van der Waals surface area contributed by atoms with Gasteiger partial charge in [0.1, 0.15) is 12.3 Å². The average molecular weight is 376 g/mol. The molecule has 140 valence electrons. The number of anilines is 1. The summed E-state index contributed by atoms with van der Waals surface area (Å²) in [6.45, 7) is -0.238. The van der Waals surface area contributed by atoms with Crippen molar-refractivity contribution in [3.05, 3.63) is 60.3 Å². The molecule has 27 heavy (non-hydrogen) atoms. The number of hydrogen-bond donors (Lipinski definition) is 1. The van der Waals surface area contributed by atoms with Crippen LogP contribution in [0.3, 0.4) is 0 Å². The number of para-hydroxylation sites is 1. The molecule has 8 heteroatoms. The van der Waals surface area contributed by atoms with E-state index in [9.17, 15) is 22.8 Å². The van der Waals surface area contributed by atoms with Gasteiger partial charge < -0.3 is 14.6 Å². The standard InChI is InChI=1S/C19H15F3N2O3/c1-27-13-8-6-12(7-9-13)23-17(25)11-24-10-15(18(26)19(20,21)22)14-4-2-3-5-16(14)24/h2-10H,11H2,1H3,(H,23,25). The van der Waals surface area contributed by atoms with Gasteiger partial charge in [-0.15, -0.1) is 0 Å². The number of halogens is 3. The maximum atomic E-state index is 12.8. The summed E-state index contributed by atoms with van der Waals surface area (Å²) in [6.07, 6.45) is -3.92. The fraction of sp³-hybridized carbons (Fsp3) is 0.158. The molecule has 0 bridgehead atoms. The largest absolute Gasteiger partial charge is 0.497 e. The number of benzene rings is 2. The predicted octanol–water partition coefficient (Wildman–Crippen LogP) is 4.03. The number of amides is 1. The molecule has 0 aliphatic carbocycles. The smallest absolute Gasteiger partial charge is 0.454 e. The van der Waals surface area contributed by atoms with Crippen LogP contribution >= 0.6 is 0 Å². The number of ether oxygens (including phenoxy) is 1. The number of rotatable bonds is 5. The van der Waals surface area contributed by atoms with Gasteiger partial charge in [-0.05, 0) is 30.3 Å². The van der Waals surface area contributed by atoms with Crippen molar-refractivity contribution in [1.82, 2.24) is 4.57 Å². The van der Waals surface area contributed by atoms with Crippen LogP contribution in [0.1, 0.15) is 10.4 Å². The molecule has 1 aromatic heterocycles. The highest BCUT2D eigenvalue weighted by Gasteiger charge is 2.40. The topological polar surface area (TPSA) is 60.3 Å². The lowest BCUT2D eigenvalue weighted by Gasteiger charge is -2.08. The van der Waals surface area contributed by atoms with Crippen molar-refractivity contribution in [2.75, 3.05) is 12.4 Å². The van der Waals surface area contributed by atoms with E-state index in [0.29, 0.717) is 17.0 Å². The molecule has 1 heterocycles. The van der Waals surface area contributed by atoms with Crippen molar-refractivity contribution in [2.24, 2.45) is 0 Å². The van der Waals surface area contributed by atoms with E-state index < -0.39 is 23.4 Å². The number of alkyl halides is 3. The first-order valence-corrected chi connectivity index (χ1v) is 7.93. The highest BCUT2D eigenvalue weighted by atomic mass is 19.4. The summed E-state index contributed by atoms with van der Waals surface area (Å²) in [5.41, 5.74) is 0.411. The zero-order valence-electron chi connectivity index (χ0n) is 14.2. The number of methoxy groups -OCH3 is 1. The van der Waals surface area contributed by atoms with Crippen molar-refractivity contribution in [3.8, 4) is 5.75 Å². The summed E-state index contributed by atoms with van der Waals surface area (Å²) in [7, 11) is 1.52. The van der Waals surface area contributed by atoms with Crippen molar-refractivity contribution >= 4 is 28.3 Å². The normalized spacial score (nSPS) is 11.4. The molecule has 0 spiro atoms. The number of nitrogens with one attached hydrogen (secondary N) is 1. The third-order valence-electron chi connectivity index (χ3n) is 3.98. The summed E-state index contributed by atoms with van der Waals surface area (Å²) in [4.78, 5) is 24.0. The first-order valence-electron chi connectivity index (χ1n) is 7.93. The van der Waals surface area contributed by atoms with Gasteiger partial charge in [-0.1, -0.05) is 18.2 Å². The van der Waals surface area contributed by atoms with Gasteiger partial charge in [0.05, 0.1) is 12.7 Å². The van der Waals surface area contributed by atoms with Crippen molar-refractivity contribution in [1.29, 1.82) is 0 Å². The first-order chi connectivity index (χ1) is 12.8. The van der Waals surface area contributed by atoms with Crippen LogP contribution in [0.4, 0.5) is 18.9 Å². The number of nitrogens with zero attached hydrogens (tertiary/aromatic N) is 1. The van der Waals surface area contributed by atoms with E-state index in [1.807, 2.05) is 0 Å². The molecule has 0 unspecified atom stereocenters. The van der Waals surface area contributed by atoms with Gasteiger partial charge in [0, 0.05) is 22.8 Å². The van der Waals surface area contributed by atoms with Gasteiger partial charge in [0.15, 0.2) is 0 Å². The Balaban J connectivity index is 1.86. The molecule has 3 rings (SSSR count). The van der Waals surface area contributed by atoms with Crippen molar-refractivity contribution in [3.63, 3.8) is 0 Å². The summed E-state index contributed by atoms with van der Waals surface area (Å²) in [5, 5.41) is 2.80. The van der Waals surface area contributed by atoms with E-state index in [0.717, 1.165) is 6.20 Å². The molecule has 0 atom stereocenters. The Hall–Kier alpha value is -3.29. The Kier molecular flexibility index (Phi) is 4.89. The second kappa shape index (κ2) is 7.14. The Morgan fingerprint density at radius 1 is 1.07 bits per heavy atom. The molecule has 0 saturated heterocycles. The monoisotopic (exact) mass is 376 g/mol. The SMILES string of the molecule is COc1ccc(NC(=O)Cn2cc(C(=O)C(F)(F)F)c3ccccc32)cc1. The third-order valence-corrected chi connectivity index (χ3v) is 3.98. The minimum absolute atomic E-state index is 0.150. The Morgan fingerprint density at radius 2 is 1.74 bits per heavy atom. The van der Waals surface area contributed by atoms with Gasteiger partial charge in [0.25, 0.3) is 5.78 Å². The molecule has 0 saturated carbocycles. The number of aromatic nitrogens is 1. The molecule has 0 fully saturated rings. The molecule has 2 aromatic carbocycles. The molecule has 1 amide bonds. The van der Waals surface area contributed by atoms with Crippen LogP contribution in [0.2, 0.25) is 0 Å². The molecule has 0 aliphatic heterocycles. The zero-order valence-corrected chi connectivity index (χ0v) is 14.2. The second-order valence-electron chi connectivity index (χ2n) is 5.79. The van der Waals surface area contributed by atoms with Crippen molar-refractivity contribution in [2.45, 2.75) is 12.7 Å². The minimum atomic E-state index is -4.99. The van der Waals surface area contributed by atoms with E-state index in [-0.39, 0.29) is 11.9 Å². The van der Waals surface area contributed by atoms with Crippen LogP contribution in [0.5, 0.6) is 5.75 Å². The summed E-state index contributed by atoms with van der Waals surface area (Å²) in [6, 6.07) is 12.8. The van der Waals surface area contributed by atoms with Gasteiger partial charge >= 0.3 is 6.18 Å². The molecule has 3 aromatic rings. The fourth-order valence-electron chi connectivity index (χ4n) is 2.74. The molecule has 5 nitrogen and oxygen atoms in total. The number of Topliss-reactive ketones (excluding diaryl/α,β-unsaturated/α-hetero) is 1. The minimum Gasteiger partial charge on any atom is -0.497 e. The van der Waals surface area contributed by atoms with Crippen LogP contribution in [-0.2, 0) is 11.3 Å². The van der Waals surface area contributed by atoms with Crippen LogP contribution in [0.15, 0.2) is 54.7 Å². The number of carbonyl (C=O) groups excluding carboxylic acids is 2. The summed E-state index contributed by atoms with van der Waals surface area (Å²) < 4.78 is 44.9. The lowest BCUT2D eigenvalue weighted by molar-refractivity contribution is -0.116. The van der Waals surface area contributed by atoms with E-state index >= 15 is 0 Å². The zero-order chi connectivity index (χ0) is 19.6. The molecular weight excluding hydrogens is 361 g/mol. The Bertz CT molecular complexity index is 992. The Labute approximate surface area is 152 Å². The molecule has 0 aliphatic rings. The summed E-state index contributed by atoms with van der Waals surface area (Å²) >= 11 is 0. The Morgan fingerprint density at radius 3 is 2.37 bits per heavy atom. The number of ketones is 1. The lowest BCUT2D eigenvalue weighted by atomic mass is 10.1. The quantitative estimate of drug-likeness (QED) is 0.684. The predicted molar refractivity (Wildman–Crippen MR) is 93.9 cm³/mol. The van der Waals surface area contributed by atoms with Crippen LogP contribution in [0, 0.1) is 0 Å².